The summed E-state index contributed by atoms with van der Waals surface area (Å²) >= 11 is 0. The van der Waals surface area contributed by atoms with Gasteiger partial charge in [0, 0.05) is 25.4 Å². The molecule has 3 heteroatoms. The molecule has 0 bridgehead atoms. The summed E-state index contributed by atoms with van der Waals surface area (Å²) in [5.74, 6) is 1.72. The third-order valence-electron chi connectivity index (χ3n) is 3.66. The molecule has 1 aromatic heterocycles. The number of anilines is 1. The first-order valence-electron chi connectivity index (χ1n) is 6.57. The zero-order chi connectivity index (χ0) is 12.1. The molecule has 0 saturated heterocycles. The lowest BCUT2D eigenvalue weighted by Gasteiger charge is -2.28. The molecule has 0 radical (unpaired) electrons. The van der Waals surface area contributed by atoms with Gasteiger partial charge < -0.3 is 10.0 Å². The lowest BCUT2D eigenvalue weighted by atomic mass is 9.89. The van der Waals surface area contributed by atoms with Gasteiger partial charge in [-0.15, -0.1) is 0 Å². The Morgan fingerprint density at radius 3 is 2.82 bits per heavy atom. The smallest absolute Gasteiger partial charge is 0.133 e. The van der Waals surface area contributed by atoms with Crippen LogP contribution in [0.3, 0.4) is 0 Å². The number of hydrogen-bond donors (Lipinski definition) is 1. The highest BCUT2D eigenvalue weighted by Crippen LogP contribution is 2.26. The lowest BCUT2D eigenvalue weighted by molar-refractivity contribution is 0.281. The maximum Gasteiger partial charge on any atom is 0.133 e. The Hall–Kier alpha value is -1.09. The number of nitrogens with zero attached hydrogens (tertiary/aromatic N) is 2. The Labute approximate surface area is 103 Å². The van der Waals surface area contributed by atoms with Crippen LogP contribution < -0.4 is 4.90 Å². The standard InChI is InChI=1S/C14H22N2O/c1-16(10-12-6-3-2-4-7-12)14-13(11-17)8-5-9-15-14/h5,8-9,12,17H,2-4,6-7,10-11H2,1H3. The molecule has 0 aromatic carbocycles. The average molecular weight is 234 g/mol. The minimum absolute atomic E-state index is 0.0676. The van der Waals surface area contributed by atoms with Crippen molar-refractivity contribution in [2.45, 2.75) is 38.7 Å². The van der Waals surface area contributed by atoms with E-state index in [0.29, 0.717) is 0 Å². The van der Waals surface area contributed by atoms with Crippen molar-refractivity contribution in [3.8, 4) is 0 Å². The van der Waals surface area contributed by atoms with E-state index in [2.05, 4.69) is 16.9 Å². The second kappa shape index (κ2) is 6.01. The summed E-state index contributed by atoms with van der Waals surface area (Å²) in [6, 6.07) is 3.82. The molecule has 0 spiro atoms. The van der Waals surface area contributed by atoms with Gasteiger partial charge in [-0.1, -0.05) is 25.3 Å². The SMILES string of the molecule is CN(CC1CCCCC1)c1ncccc1CO. The van der Waals surface area contributed by atoms with E-state index in [1.807, 2.05) is 12.1 Å². The topological polar surface area (TPSA) is 36.4 Å². The van der Waals surface area contributed by atoms with Crippen molar-refractivity contribution in [1.82, 2.24) is 4.98 Å². The molecule has 1 fully saturated rings. The van der Waals surface area contributed by atoms with Gasteiger partial charge >= 0.3 is 0 Å². The summed E-state index contributed by atoms with van der Waals surface area (Å²) in [6.07, 6.45) is 8.61. The van der Waals surface area contributed by atoms with E-state index in [4.69, 9.17) is 0 Å². The molecule has 0 amide bonds. The van der Waals surface area contributed by atoms with E-state index in [1.165, 1.54) is 32.1 Å². The van der Waals surface area contributed by atoms with E-state index in [1.54, 1.807) is 6.20 Å². The first-order chi connectivity index (χ1) is 8.31. The second-order valence-corrected chi connectivity index (χ2v) is 5.03. The molecule has 0 unspecified atom stereocenters. The molecule has 1 aromatic rings. The van der Waals surface area contributed by atoms with Crippen LogP contribution >= 0.6 is 0 Å². The van der Waals surface area contributed by atoms with Crippen LogP contribution in [0.15, 0.2) is 18.3 Å². The van der Waals surface area contributed by atoms with Crippen LogP contribution in [0.4, 0.5) is 5.82 Å². The molecule has 0 aliphatic heterocycles. The number of aliphatic hydroxyl groups is 1. The first kappa shape index (κ1) is 12.4. The van der Waals surface area contributed by atoms with Gasteiger partial charge in [-0.25, -0.2) is 4.98 Å². The molecular weight excluding hydrogens is 212 g/mol. The summed E-state index contributed by atoms with van der Waals surface area (Å²) in [5.41, 5.74) is 0.922. The van der Waals surface area contributed by atoms with Crippen molar-refractivity contribution >= 4 is 5.82 Å². The van der Waals surface area contributed by atoms with E-state index in [0.717, 1.165) is 23.8 Å². The van der Waals surface area contributed by atoms with Crippen molar-refractivity contribution < 1.29 is 5.11 Å². The van der Waals surface area contributed by atoms with Gasteiger partial charge in [0.15, 0.2) is 0 Å². The molecule has 0 atom stereocenters. The quantitative estimate of drug-likeness (QED) is 0.870. The number of pyridine rings is 1. The number of rotatable bonds is 4. The van der Waals surface area contributed by atoms with Gasteiger partial charge in [0.1, 0.15) is 5.82 Å². The van der Waals surface area contributed by atoms with Crippen LogP contribution in [0.1, 0.15) is 37.7 Å². The zero-order valence-electron chi connectivity index (χ0n) is 10.6. The highest BCUT2D eigenvalue weighted by Gasteiger charge is 2.17. The van der Waals surface area contributed by atoms with Gasteiger partial charge in [-0.05, 0) is 24.8 Å². The van der Waals surface area contributed by atoms with Crippen LogP contribution in [-0.2, 0) is 6.61 Å². The maximum atomic E-state index is 9.31. The van der Waals surface area contributed by atoms with Crippen LogP contribution in [0, 0.1) is 5.92 Å². The predicted molar refractivity (Wildman–Crippen MR) is 70.0 cm³/mol. The van der Waals surface area contributed by atoms with E-state index in [-0.39, 0.29) is 6.61 Å². The van der Waals surface area contributed by atoms with Crippen molar-refractivity contribution in [3.05, 3.63) is 23.9 Å². The van der Waals surface area contributed by atoms with E-state index >= 15 is 0 Å². The summed E-state index contributed by atoms with van der Waals surface area (Å²) in [5, 5.41) is 9.31. The minimum Gasteiger partial charge on any atom is -0.392 e. The Balaban J connectivity index is 2.00. The third kappa shape index (κ3) is 3.19. The Kier molecular flexibility index (Phi) is 4.37. The maximum absolute atomic E-state index is 9.31. The van der Waals surface area contributed by atoms with Crippen molar-refractivity contribution in [2.75, 3.05) is 18.5 Å². The summed E-state index contributed by atoms with van der Waals surface area (Å²) in [7, 11) is 2.08. The van der Waals surface area contributed by atoms with E-state index < -0.39 is 0 Å². The van der Waals surface area contributed by atoms with Crippen molar-refractivity contribution in [3.63, 3.8) is 0 Å². The lowest BCUT2D eigenvalue weighted by Crippen LogP contribution is -2.28. The number of hydrogen-bond acceptors (Lipinski definition) is 3. The van der Waals surface area contributed by atoms with Crippen LogP contribution in [0.2, 0.25) is 0 Å². The molecule has 1 aliphatic carbocycles. The fraction of sp³-hybridized carbons (Fsp3) is 0.643. The van der Waals surface area contributed by atoms with Crippen molar-refractivity contribution in [1.29, 1.82) is 0 Å². The third-order valence-corrected chi connectivity index (χ3v) is 3.66. The molecular formula is C14H22N2O. The fourth-order valence-electron chi connectivity index (χ4n) is 2.74. The van der Waals surface area contributed by atoms with Gasteiger partial charge in [-0.2, -0.15) is 0 Å². The fourth-order valence-corrected chi connectivity index (χ4v) is 2.74. The van der Waals surface area contributed by atoms with Gasteiger partial charge in [-0.3, -0.25) is 0 Å². The summed E-state index contributed by atoms with van der Waals surface area (Å²) in [6.45, 7) is 1.13. The molecule has 3 nitrogen and oxygen atoms in total. The Bertz CT molecular complexity index is 348. The Morgan fingerprint density at radius 2 is 2.12 bits per heavy atom. The highest BCUT2D eigenvalue weighted by molar-refractivity contribution is 5.45. The average Bonchev–Trinajstić information content (AvgIpc) is 2.40. The van der Waals surface area contributed by atoms with Gasteiger partial charge in [0.2, 0.25) is 0 Å². The van der Waals surface area contributed by atoms with Gasteiger partial charge in [0.05, 0.1) is 6.61 Å². The normalized spacial score (nSPS) is 17.1. The second-order valence-electron chi connectivity index (χ2n) is 5.03. The van der Waals surface area contributed by atoms with Crippen LogP contribution in [0.25, 0.3) is 0 Å². The number of aliphatic hydroxyl groups excluding tert-OH is 1. The molecule has 1 heterocycles. The molecule has 2 rings (SSSR count). The first-order valence-corrected chi connectivity index (χ1v) is 6.57. The molecule has 1 saturated carbocycles. The molecule has 1 N–H and O–H groups in total. The number of aromatic nitrogens is 1. The molecule has 94 valence electrons. The highest BCUT2D eigenvalue weighted by atomic mass is 16.3. The zero-order valence-corrected chi connectivity index (χ0v) is 10.6. The Morgan fingerprint density at radius 1 is 1.35 bits per heavy atom. The summed E-state index contributed by atoms with van der Waals surface area (Å²) < 4.78 is 0. The summed E-state index contributed by atoms with van der Waals surface area (Å²) in [4.78, 5) is 6.58. The monoisotopic (exact) mass is 234 g/mol. The largest absolute Gasteiger partial charge is 0.392 e. The predicted octanol–water partition coefficient (Wildman–Crippen LogP) is 2.59. The van der Waals surface area contributed by atoms with Crippen molar-refractivity contribution in [2.24, 2.45) is 5.92 Å². The molecule has 1 aliphatic rings. The van der Waals surface area contributed by atoms with E-state index in [9.17, 15) is 5.11 Å². The van der Waals surface area contributed by atoms with Gasteiger partial charge in [0.25, 0.3) is 0 Å². The molecule has 17 heavy (non-hydrogen) atoms. The minimum atomic E-state index is 0.0676. The van der Waals surface area contributed by atoms with Crippen LogP contribution in [0.5, 0.6) is 0 Å². The van der Waals surface area contributed by atoms with Crippen LogP contribution in [-0.4, -0.2) is 23.7 Å².